The minimum absolute atomic E-state index is 0.0786. The molecule has 1 fully saturated rings. The van der Waals surface area contributed by atoms with Gasteiger partial charge in [0.25, 0.3) is 0 Å². The zero-order valence-corrected chi connectivity index (χ0v) is 9.24. The average molecular weight is 209 g/mol. The molecule has 1 atom stereocenters. The fourth-order valence-corrected chi connectivity index (χ4v) is 1.93. The minimum Gasteiger partial charge on any atom is -0.467 e. The van der Waals surface area contributed by atoms with Crippen LogP contribution in [0.25, 0.3) is 0 Å². The molecule has 3 heteroatoms. The van der Waals surface area contributed by atoms with Gasteiger partial charge in [0.2, 0.25) is 0 Å². The van der Waals surface area contributed by atoms with Gasteiger partial charge in [0.05, 0.1) is 12.9 Å². The smallest absolute Gasteiger partial charge is 0.132 e. The van der Waals surface area contributed by atoms with E-state index in [1.165, 1.54) is 12.8 Å². The van der Waals surface area contributed by atoms with E-state index in [1.54, 1.807) is 6.26 Å². The van der Waals surface area contributed by atoms with Crippen molar-refractivity contribution in [1.82, 2.24) is 5.32 Å². The first-order valence-corrected chi connectivity index (χ1v) is 5.72. The predicted molar refractivity (Wildman–Crippen MR) is 58.7 cm³/mol. The maximum atomic E-state index is 5.80. The van der Waals surface area contributed by atoms with E-state index in [0.29, 0.717) is 5.92 Å². The standard InChI is InChI=1S/C12H19NO2/c1-10(12-3-2-8-14-12)15-9-11-4-6-13-7-5-11/h2-3,8,10-11,13H,4-7,9H2,1H3. The van der Waals surface area contributed by atoms with Gasteiger partial charge >= 0.3 is 0 Å². The predicted octanol–water partition coefficient (Wildman–Crippen LogP) is 2.36. The Morgan fingerprint density at radius 1 is 1.53 bits per heavy atom. The second-order valence-electron chi connectivity index (χ2n) is 4.18. The summed E-state index contributed by atoms with van der Waals surface area (Å²) in [4.78, 5) is 0. The number of piperidine rings is 1. The third kappa shape index (κ3) is 3.08. The van der Waals surface area contributed by atoms with Crippen LogP contribution < -0.4 is 5.32 Å². The highest BCUT2D eigenvalue weighted by Crippen LogP contribution is 2.20. The van der Waals surface area contributed by atoms with Crippen molar-refractivity contribution >= 4 is 0 Å². The summed E-state index contributed by atoms with van der Waals surface area (Å²) in [6.07, 6.45) is 4.23. The van der Waals surface area contributed by atoms with E-state index in [1.807, 2.05) is 19.1 Å². The molecule has 1 N–H and O–H groups in total. The zero-order chi connectivity index (χ0) is 10.5. The molecule has 1 aliphatic rings. The van der Waals surface area contributed by atoms with E-state index < -0.39 is 0 Å². The van der Waals surface area contributed by atoms with Crippen LogP contribution in [-0.4, -0.2) is 19.7 Å². The molecule has 0 saturated carbocycles. The van der Waals surface area contributed by atoms with E-state index in [2.05, 4.69) is 5.32 Å². The van der Waals surface area contributed by atoms with Gasteiger partial charge < -0.3 is 14.5 Å². The fraction of sp³-hybridized carbons (Fsp3) is 0.667. The van der Waals surface area contributed by atoms with E-state index in [9.17, 15) is 0 Å². The third-order valence-electron chi connectivity index (χ3n) is 2.98. The van der Waals surface area contributed by atoms with E-state index in [4.69, 9.17) is 9.15 Å². The lowest BCUT2D eigenvalue weighted by Crippen LogP contribution is -2.30. The van der Waals surface area contributed by atoms with E-state index in [-0.39, 0.29) is 6.10 Å². The Bertz CT molecular complexity index is 265. The van der Waals surface area contributed by atoms with Crippen LogP contribution in [0.2, 0.25) is 0 Å². The molecule has 3 nitrogen and oxygen atoms in total. The van der Waals surface area contributed by atoms with Gasteiger partial charge in [0, 0.05) is 0 Å². The molecular weight excluding hydrogens is 190 g/mol. The molecule has 2 heterocycles. The number of rotatable bonds is 4. The monoisotopic (exact) mass is 209 g/mol. The van der Waals surface area contributed by atoms with Crippen LogP contribution in [0.5, 0.6) is 0 Å². The van der Waals surface area contributed by atoms with Crippen LogP contribution in [0.4, 0.5) is 0 Å². The van der Waals surface area contributed by atoms with Crippen molar-refractivity contribution in [2.24, 2.45) is 5.92 Å². The highest BCUT2D eigenvalue weighted by atomic mass is 16.5. The number of hydrogen-bond acceptors (Lipinski definition) is 3. The van der Waals surface area contributed by atoms with Crippen LogP contribution in [0.3, 0.4) is 0 Å². The molecule has 15 heavy (non-hydrogen) atoms. The lowest BCUT2D eigenvalue weighted by atomic mass is 9.99. The molecule has 0 aromatic carbocycles. The number of hydrogen-bond donors (Lipinski definition) is 1. The first-order valence-electron chi connectivity index (χ1n) is 5.72. The number of furan rings is 1. The molecule has 0 aliphatic carbocycles. The molecule has 1 unspecified atom stereocenters. The van der Waals surface area contributed by atoms with Gasteiger partial charge in [-0.2, -0.15) is 0 Å². The first-order chi connectivity index (χ1) is 7.36. The molecule has 0 spiro atoms. The van der Waals surface area contributed by atoms with Gasteiger partial charge in [-0.1, -0.05) is 0 Å². The summed E-state index contributed by atoms with van der Waals surface area (Å²) >= 11 is 0. The van der Waals surface area contributed by atoms with Crippen molar-refractivity contribution in [3.05, 3.63) is 24.2 Å². The van der Waals surface area contributed by atoms with Crippen molar-refractivity contribution in [3.63, 3.8) is 0 Å². The Morgan fingerprint density at radius 2 is 2.33 bits per heavy atom. The Hall–Kier alpha value is -0.800. The summed E-state index contributed by atoms with van der Waals surface area (Å²) in [6, 6.07) is 3.87. The lowest BCUT2D eigenvalue weighted by molar-refractivity contribution is 0.0202. The molecule has 1 aliphatic heterocycles. The Labute approximate surface area is 90.8 Å². The average Bonchev–Trinajstić information content (AvgIpc) is 2.81. The van der Waals surface area contributed by atoms with Crippen LogP contribution in [0.1, 0.15) is 31.6 Å². The molecule has 0 radical (unpaired) electrons. The Kier molecular flexibility index (Phi) is 3.80. The molecule has 1 saturated heterocycles. The highest BCUT2D eigenvalue weighted by molar-refractivity contribution is 5.00. The second kappa shape index (κ2) is 5.33. The maximum absolute atomic E-state index is 5.80. The summed E-state index contributed by atoms with van der Waals surface area (Å²) in [5.74, 6) is 1.63. The normalized spacial score (nSPS) is 20.3. The maximum Gasteiger partial charge on any atom is 0.132 e. The Morgan fingerprint density at radius 3 is 3.00 bits per heavy atom. The van der Waals surface area contributed by atoms with Gasteiger partial charge in [-0.3, -0.25) is 0 Å². The van der Waals surface area contributed by atoms with Crippen molar-refractivity contribution in [2.75, 3.05) is 19.7 Å². The molecule has 0 amide bonds. The molecule has 1 aromatic rings. The van der Waals surface area contributed by atoms with Crippen LogP contribution in [-0.2, 0) is 4.74 Å². The summed E-state index contributed by atoms with van der Waals surface area (Å²) in [7, 11) is 0. The van der Waals surface area contributed by atoms with Gasteiger partial charge in [-0.05, 0) is 50.9 Å². The highest BCUT2D eigenvalue weighted by Gasteiger charge is 2.15. The minimum atomic E-state index is 0.0786. The number of nitrogens with one attached hydrogen (secondary N) is 1. The quantitative estimate of drug-likeness (QED) is 0.826. The summed E-state index contributed by atoms with van der Waals surface area (Å²) in [6.45, 7) is 5.15. The van der Waals surface area contributed by atoms with Gasteiger partial charge in [-0.15, -0.1) is 0 Å². The van der Waals surface area contributed by atoms with Crippen molar-refractivity contribution < 1.29 is 9.15 Å². The SMILES string of the molecule is CC(OCC1CCNCC1)c1ccco1. The van der Waals surface area contributed by atoms with Gasteiger partial charge in [-0.25, -0.2) is 0 Å². The molecule has 2 rings (SSSR count). The van der Waals surface area contributed by atoms with Crippen LogP contribution in [0, 0.1) is 5.92 Å². The second-order valence-corrected chi connectivity index (χ2v) is 4.18. The summed E-state index contributed by atoms with van der Waals surface area (Å²) in [5, 5.41) is 3.36. The van der Waals surface area contributed by atoms with Crippen LogP contribution in [0.15, 0.2) is 22.8 Å². The molecule has 84 valence electrons. The van der Waals surface area contributed by atoms with E-state index in [0.717, 1.165) is 25.5 Å². The zero-order valence-electron chi connectivity index (χ0n) is 9.24. The molecule has 0 bridgehead atoms. The largest absolute Gasteiger partial charge is 0.467 e. The van der Waals surface area contributed by atoms with Crippen molar-refractivity contribution in [2.45, 2.75) is 25.9 Å². The topological polar surface area (TPSA) is 34.4 Å². The summed E-state index contributed by atoms with van der Waals surface area (Å²) in [5.41, 5.74) is 0. The van der Waals surface area contributed by atoms with E-state index >= 15 is 0 Å². The molecular formula is C12H19NO2. The third-order valence-corrected chi connectivity index (χ3v) is 2.98. The van der Waals surface area contributed by atoms with Gasteiger partial charge in [0.1, 0.15) is 11.9 Å². The number of ether oxygens (including phenoxy) is 1. The van der Waals surface area contributed by atoms with Crippen LogP contribution >= 0.6 is 0 Å². The van der Waals surface area contributed by atoms with Crippen molar-refractivity contribution in [1.29, 1.82) is 0 Å². The molecule has 1 aromatic heterocycles. The Balaban J connectivity index is 1.73. The fourth-order valence-electron chi connectivity index (χ4n) is 1.93. The lowest BCUT2D eigenvalue weighted by Gasteiger charge is -2.23. The van der Waals surface area contributed by atoms with Crippen molar-refractivity contribution in [3.8, 4) is 0 Å². The first kappa shape index (κ1) is 10.7. The summed E-state index contributed by atoms with van der Waals surface area (Å²) < 4.78 is 11.1. The van der Waals surface area contributed by atoms with Gasteiger partial charge in [0.15, 0.2) is 0 Å².